The molecule has 2 atom stereocenters. The number of aromatic nitrogens is 1. The first-order valence-electron chi connectivity index (χ1n) is 11.9. The van der Waals surface area contributed by atoms with Crippen LogP contribution in [0.4, 0.5) is 0 Å². The Morgan fingerprint density at radius 3 is 2.56 bits per heavy atom. The Morgan fingerprint density at radius 1 is 1.03 bits per heavy atom. The van der Waals surface area contributed by atoms with Crippen molar-refractivity contribution < 1.29 is 14.6 Å². The lowest BCUT2D eigenvalue weighted by atomic mass is 9.69. The summed E-state index contributed by atoms with van der Waals surface area (Å²) >= 11 is 0. The van der Waals surface area contributed by atoms with Gasteiger partial charge in [0.05, 0.1) is 12.5 Å². The molecule has 4 aromatic rings. The summed E-state index contributed by atoms with van der Waals surface area (Å²) in [6.07, 6.45) is 7.13. The van der Waals surface area contributed by atoms with E-state index >= 15 is 0 Å². The minimum Gasteiger partial charge on any atom is -0.493 e. The van der Waals surface area contributed by atoms with Crippen molar-refractivity contribution in [1.82, 2.24) is 9.88 Å². The van der Waals surface area contributed by atoms with Gasteiger partial charge in [0.25, 0.3) is 0 Å². The molecule has 0 bridgehead atoms. The zero-order chi connectivity index (χ0) is 25.1. The standard InChI is InChI=1S/C31H28N2O3/c1-33(2)17-16-31(35,28-14-8-12-22-9-6-7-13-26(22)28)29(23-10-4-3-5-11-23)27-19-25(20-32-30(27)34)24-15-18-36-21-24/h3-7,9-13,15,18-21,29,35H,16-17H2,1-2H3,(H,32,34). The normalized spacial score (nSPS) is 14.8. The predicted molar refractivity (Wildman–Crippen MR) is 141 cm³/mol. The van der Waals surface area contributed by atoms with Crippen molar-refractivity contribution >= 4 is 11.6 Å². The Bertz CT molecular complexity index is 1460. The maximum absolute atomic E-state index is 12.8. The fourth-order valence-corrected chi connectivity index (χ4v) is 4.88. The highest BCUT2D eigenvalue weighted by molar-refractivity contribution is 5.82. The van der Waals surface area contributed by atoms with Crippen molar-refractivity contribution in [3.8, 4) is 17.0 Å². The van der Waals surface area contributed by atoms with E-state index in [1.165, 1.54) is 0 Å². The van der Waals surface area contributed by atoms with E-state index in [4.69, 9.17) is 4.42 Å². The molecule has 2 heterocycles. The van der Waals surface area contributed by atoms with Gasteiger partial charge in [-0.3, -0.25) is 0 Å². The van der Waals surface area contributed by atoms with Gasteiger partial charge in [-0.25, -0.2) is 4.98 Å². The van der Waals surface area contributed by atoms with Crippen molar-refractivity contribution in [2.45, 2.75) is 17.9 Å². The third-order valence-electron chi connectivity index (χ3n) is 6.70. The molecule has 1 aliphatic rings. The summed E-state index contributed by atoms with van der Waals surface area (Å²) in [5.74, 6) is -0.753. The fourth-order valence-electron chi connectivity index (χ4n) is 4.88. The Morgan fingerprint density at radius 2 is 1.81 bits per heavy atom. The van der Waals surface area contributed by atoms with E-state index in [-0.39, 0.29) is 5.88 Å². The van der Waals surface area contributed by atoms with E-state index in [0.717, 1.165) is 27.8 Å². The lowest BCUT2D eigenvalue weighted by Gasteiger charge is -2.39. The first kappa shape index (κ1) is 23.6. The van der Waals surface area contributed by atoms with Crippen molar-refractivity contribution in [3.05, 3.63) is 119 Å². The molecule has 2 unspecified atom stereocenters. The Balaban J connectivity index is 1.77. The molecular weight excluding hydrogens is 448 g/mol. The van der Waals surface area contributed by atoms with Crippen molar-refractivity contribution in [2.75, 3.05) is 20.6 Å². The highest BCUT2D eigenvalue weighted by Crippen LogP contribution is 2.48. The van der Waals surface area contributed by atoms with E-state index in [9.17, 15) is 10.2 Å². The van der Waals surface area contributed by atoms with Crippen LogP contribution in [0, 0.1) is 0 Å². The molecule has 2 N–H and O–H groups in total. The van der Waals surface area contributed by atoms with Crippen LogP contribution >= 0.6 is 0 Å². The fraction of sp³-hybridized carbons (Fsp3) is 0.194. The molecule has 180 valence electrons. The van der Waals surface area contributed by atoms with Crippen LogP contribution in [0.3, 0.4) is 0 Å². The number of benzene rings is 2. The summed E-state index contributed by atoms with van der Waals surface area (Å²) in [6, 6.07) is 21.5. The van der Waals surface area contributed by atoms with Gasteiger partial charge in [0, 0.05) is 40.9 Å². The maximum Gasteiger partial charge on any atom is 0.214 e. The number of aliphatic hydroxyl groups is 1. The molecule has 5 heteroatoms. The molecule has 2 aromatic carbocycles. The van der Waals surface area contributed by atoms with E-state index in [1.807, 2.05) is 91.8 Å². The molecule has 36 heavy (non-hydrogen) atoms. The first-order valence-corrected chi connectivity index (χ1v) is 11.9. The molecule has 0 aliphatic heterocycles. The molecule has 0 amide bonds. The summed E-state index contributed by atoms with van der Waals surface area (Å²) < 4.78 is 5.28. The van der Waals surface area contributed by atoms with Gasteiger partial charge in [-0.2, -0.15) is 0 Å². The molecule has 0 saturated heterocycles. The van der Waals surface area contributed by atoms with E-state index in [2.05, 4.69) is 16.4 Å². The van der Waals surface area contributed by atoms with Gasteiger partial charge in [-0.05, 0) is 55.4 Å². The maximum atomic E-state index is 12.8. The monoisotopic (exact) mass is 476 g/mol. The SMILES string of the molecule is CN(C)CCC(O)(C1=C=C=Cc2ccccc21)C(c1ccccc1)c1cc(-c2ccoc2)cnc1O. The van der Waals surface area contributed by atoms with Crippen LogP contribution in [-0.4, -0.2) is 46.3 Å². The van der Waals surface area contributed by atoms with Crippen LogP contribution in [-0.2, 0) is 0 Å². The van der Waals surface area contributed by atoms with Gasteiger partial charge in [0.2, 0.25) is 5.88 Å². The Labute approximate surface area is 211 Å². The molecule has 1 aliphatic carbocycles. The van der Waals surface area contributed by atoms with Gasteiger partial charge in [0.1, 0.15) is 5.60 Å². The molecule has 0 spiro atoms. The van der Waals surface area contributed by atoms with Gasteiger partial charge >= 0.3 is 0 Å². The number of hydrogen-bond acceptors (Lipinski definition) is 5. The average Bonchev–Trinajstić information content (AvgIpc) is 3.44. The molecule has 0 saturated carbocycles. The number of aromatic hydroxyl groups is 1. The van der Waals surface area contributed by atoms with Gasteiger partial charge in [-0.1, -0.05) is 66.1 Å². The lowest BCUT2D eigenvalue weighted by Crippen LogP contribution is -2.41. The van der Waals surface area contributed by atoms with E-state index in [1.54, 1.807) is 18.7 Å². The van der Waals surface area contributed by atoms with E-state index in [0.29, 0.717) is 24.1 Å². The van der Waals surface area contributed by atoms with Crippen molar-refractivity contribution in [3.63, 3.8) is 0 Å². The predicted octanol–water partition coefficient (Wildman–Crippen LogP) is 5.73. The first-order chi connectivity index (χ1) is 17.5. The molecule has 5 nitrogen and oxygen atoms in total. The van der Waals surface area contributed by atoms with Crippen LogP contribution in [0.15, 0.2) is 101 Å². The summed E-state index contributed by atoms with van der Waals surface area (Å²) in [7, 11) is 3.96. The lowest BCUT2D eigenvalue weighted by molar-refractivity contribution is 0.0659. The minimum absolute atomic E-state index is 0.122. The van der Waals surface area contributed by atoms with Crippen LogP contribution < -0.4 is 0 Å². The Kier molecular flexibility index (Phi) is 6.47. The van der Waals surface area contributed by atoms with E-state index < -0.39 is 11.5 Å². The number of rotatable bonds is 8. The van der Waals surface area contributed by atoms with Gasteiger partial charge in [-0.15, -0.1) is 0 Å². The van der Waals surface area contributed by atoms with Crippen molar-refractivity contribution in [1.29, 1.82) is 0 Å². The third-order valence-corrected chi connectivity index (χ3v) is 6.70. The second-order valence-corrected chi connectivity index (χ2v) is 9.35. The van der Waals surface area contributed by atoms with Crippen molar-refractivity contribution in [2.24, 2.45) is 0 Å². The Hall–Kier alpha value is -4.11. The van der Waals surface area contributed by atoms with Crippen LogP contribution in [0.25, 0.3) is 22.8 Å². The second kappa shape index (κ2) is 9.87. The zero-order valence-electron chi connectivity index (χ0n) is 20.3. The average molecular weight is 477 g/mol. The highest BCUT2D eigenvalue weighted by atomic mass is 16.3. The van der Waals surface area contributed by atoms with Crippen LogP contribution in [0.2, 0.25) is 0 Å². The summed E-state index contributed by atoms with van der Waals surface area (Å²) in [5, 5.41) is 23.9. The minimum atomic E-state index is -1.43. The number of pyridine rings is 1. The van der Waals surface area contributed by atoms with Crippen LogP contribution in [0.1, 0.15) is 34.6 Å². The summed E-state index contributed by atoms with van der Waals surface area (Å²) in [4.78, 5) is 6.36. The zero-order valence-corrected chi connectivity index (χ0v) is 20.3. The number of fused-ring (bicyclic) bond motifs is 1. The smallest absolute Gasteiger partial charge is 0.214 e. The quantitative estimate of drug-likeness (QED) is 0.318. The molecule has 5 rings (SSSR count). The van der Waals surface area contributed by atoms with Crippen LogP contribution in [0.5, 0.6) is 5.88 Å². The highest BCUT2D eigenvalue weighted by Gasteiger charge is 2.45. The summed E-state index contributed by atoms with van der Waals surface area (Å²) in [5.41, 5.74) is 10.5. The molecular formula is C31H28N2O3. The molecule has 0 radical (unpaired) electrons. The third kappa shape index (κ3) is 4.45. The molecule has 0 fully saturated rings. The molecule has 2 aromatic heterocycles. The second-order valence-electron chi connectivity index (χ2n) is 9.35. The van der Waals surface area contributed by atoms with Gasteiger partial charge in [0.15, 0.2) is 0 Å². The topological polar surface area (TPSA) is 69.7 Å². The number of nitrogens with zero attached hydrogens (tertiary/aromatic N) is 2. The summed E-state index contributed by atoms with van der Waals surface area (Å²) in [6.45, 7) is 0.618. The number of furan rings is 1. The largest absolute Gasteiger partial charge is 0.493 e. The number of hydrogen-bond donors (Lipinski definition) is 2. The van der Waals surface area contributed by atoms with Gasteiger partial charge < -0.3 is 19.5 Å².